The van der Waals surface area contributed by atoms with Crippen molar-refractivity contribution in [3.05, 3.63) is 29.8 Å². The molecule has 0 aromatic heterocycles. The van der Waals surface area contributed by atoms with Crippen LogP contribution >= 0.6 is 0 Å². The van der Waals surface area contributed by atoms with Gasteiger partial charge in [-0.2, -0.15) is 18.3 Å². The molecule has 6 nitrogen and oxygen atoms in total. The van der Waals surface area contributed by atoms with Gasteiger partial charge in [0.2, 0.25) is 10.0 Å². The quantitative estimate of drug-likeness (QED) is 0.617. The number of carbonyl (C=O) groups excluding carboxylic acids is 1. The van der Waals surface area contributed by atoms with Crippen LogP contribution in [0.1, 0.15) is 33.3 Å². The molecule has 1 aromatic rings. The summed E-state index contributed by atoms with van der Waals surface area (Å²) < 4.78 is 63.0. The van der Waals surface area contributed by atoms with Crippen molar-refractivity contribution in [2.75, 3.05) is 17.1 Å². The third-order valence-electron chi connectivity index (χ3n) is 3.58. The number of hydrogen-bond donors (Lipinski definition) is 1. The largest absolute Gasteiger partial charge is 0.416 e. The molecule has 0 saturated carbocycles. The van der Waals surface area contributed by atoms with E-state index in [4.69, 9.17) is 0 Å². The van der Waals surface area contributed by atoms with Gasteiger partial charge in [-0.1, -0.05) is 26.8 Å². The first kappa shape index (κ1) is 21.9. The second-order valence-corrected chi connectivity index (χ2v) is 8.71. The molecule has 0 radical (unpaired) electrons. The molecule has 0 aliphatic carbocycles. The number of hydrogen-bond acceptors (Lipinski definition) is 4. The summed E-state index contributed by atoms with van der Waals surface area (Å²) >= 11 is 0. The average Bonchev–Trinajstić information content (AvgIpc) is 2.47. The lowest BCUT2D eigenvalue weighted by molar-refractivity contribution is -0.137. The molecule has 0 fully saturated rings. The molecular weight excluding hydrogens is 371 g/mol. The van der Waals surface area contributed by atoms with Gasteiger partial charge in [-0.05, 0) is 25.1 Å². The van der Waals surface area contributed by atoms with Crippen molar-refractivity contribution in [2.45, 2.75) is 33.9 Å². The number of nitrogens with zero attached hydrogens (tertiary/aromatic N) is 2. The molecule has 0 heterocycles. The molecule has 1 aromatic carbocycles. The zero-order valence-electron chi connectivity index (χ0n) is 15.2. The Morgan fingerprint density at radius 2 is 1.81 bits per heavy atom. The second-order valence-electron chi connectivity index (χ2n) is 6.80. The molecule has 1 amide bonds. The minimum absolute atomic E-state index is 0.256. The first-order chi connectivity index (χ1) is 11.6. The lowest BCUT2D eigenvalue weighted by Crippen LogP contribution is -2.39. The standard InChI is InChI=1S/C16H22F3N3O3S/c1-11(15(2,3)4)20-21-14(23)10-22(26(5,24)25)13-8-6-7-12(9-13)16(17,18)19/h6-9H,10H2,1-5H3,(H,21,23)/b20-11-. The summed E-state index contributed by atoms with van der Waals surface area (Å²) in [5.74, 6) is -0.767. The SMILES string of the molecule is C/C(=N/NC(=O)CN(c1cccc(C(F)(F)F)c1)S(C)(=O)=O)C(C)(C)C. The number of sulfonamides is 1. The summed E-state index contributed by atoms with van der Waals surface area (Å²) in [5, 5.41) is 3.90. The van der Waals surface area contributed by atoms with Crippen LogP contribution in [-0.4, -0.2) is 32.8 Å². The molecule has 10 heteroatoms. The van der Waals surface area contributed by atoms with E-state index in [2.05, 4.69) is 10.5 Å². The van der Waals surface area contributed by atoms with Gasteiger partial charge >= 0.3 is 6.18 Å². The van der Waals surface area contributed by atoms with Gasteiger partial charge in [-0.25, -0.2) is 13.8 Å². The minimum Gasteiger partial charge on any atom is -0.271 e. The van der Waals surface area contributed by atoms with Crippen LogP contribution in [-0.2, 0) is 21.0 Å². The Labute approximate surface area is 151 Å². The Morgan fingerprint density at radius 3 is 2.27 bits per heavy atom. The number of carbonyl (C=O) groups is 1. The highest BCUT2D eigenvalue weighted by atomic mass is 32.2. The number of amides is 1. The van der Waals surface area contributed by atoms with Crippen LogP contribution in [0, 0.1) is 5.41 Å². The molecule has 0 unspecified atom stereocenters. The monoisotopic (exact) mass is 393 g/mol. The predicted molar refractivity (Wildman–Crippen MR) is 94.3 cm³/mol. The molecule has 1 rings (SSSR count). The number of rotatable bonds is 5. The van der Waals surface area contributed by atoms with Crippen molar-refractivity contribution in [3.63, 3.8) is 0 Å². The number of anilines is 1. The van der Waals surface area contributed by atoms with E-state index < -0.39 is 34.2 Å². The fourth-order valence-corrected chi connectivity index (χ4v) is 2.57. The van der Waals surface area contributed by atoms with Crippen molar-refractivity contribution in [3.8, 4) is 0 Å². The summed E-state index contributed by atoms with van der Waals surface area (Å²) in [4.78, 5) is 12.0. The Morgan fingerprint density at radius 1 is 1.23 bits per heavy atom. The van der Waals surface area contributed by atoms with Gasteiger partial charge in [0, 0.05) is 11.1 Å². The van der Waals surface area contributed by atoms with E-state index in [9.17, 15) is 26.4 Å². The average molecular weight is 393 g/mol. The molecule has 0 aliphatic rings. The molecule has 0 spiro atoms. The second kappa shape index (κ2) is 7.65. The summed E-state index contributed by atoms with van der Waals surface area (Å²) in [5.41, 5.74) is 1.27. The van der Waals surface area contributed by atoms with Crippen molar-refractivity contribution in [1.29, 1.82) is 0 Å². The fraction of sp³-hybridized carbons (Fsp3) is 0.500. The van der Waals surface area contributed by atoms with Crippen LogP contribution in [0.4, 0.5) is 18.9 Å². The normalized spacial score (nSPS) is 13.5. The zero-order chi connectivity index (χ0) is 20.3. The van der Waals surface area contributed by atoms with E-state index in [1.165, 1.54) is 6.07 Å². The number of alkyl halides is 3. The maximum absolute atomic E-state index is 12.8. The van der Waals surface area contributed by atoms with E-state index in [1.54, 1.807) is 6.92 Å². The van der Waals surface area contributed by atoms with Crippen molar-refractivity contribution in [1.82, 2.24) is 5.43 Å². The van der Waals surface area contributed by atoms with Gasteiger partial charge in [0.05, 0.1) is 17.5 Å². The van der Waals surface area contributed by atoms with E-state index in [0.29, 0.717) is 16.1 Å². The highest BCUT2D eigenvalue weighted by molar-refractivity contribution is 7.92. The fourth-order valence-electron chi connectivity index (χ4n) is 1.72. The molecule has 146 valence electrons. The number of nitrogens with one attached hydrogen (secondary N) is 1. The summed E-state index contributed by atoms with van der Waals surface area (Å²) in [7, 11) is -3.99. The van der Waals surface area contributed by atoms with Crippen LogP contribution in [0.2, 0.25) is 0 Å². The minimum atomic E-state index is -4.63. The van der Waals surface area contributed by atoms with Crippen molar-refractivity contribution in [2.24, 2.45) is 10.5 Å². The lowest BCUT2D eigenvalue weighted by atomic mass is 9.91. The Balaban J connectivity index is 3.09. The summed E-state index contributed by atoms with van der Waals surface area (Å²) in [6, 6.07) is 3.77. The van der Waals surface area contributed by atoms with Gasteiger partial charge in [-0.3, -0.25) is 9.10 Å². The highest BCUT2D eigenvalue weighted by Crippen LogP contribution is 2.32. The van der Waals surface area contributed by atoms with Crippen LogP contribution in [0.15, 0.2) is 29.4 Å². The Hall–Kier alpha value is -2.10. The third-order valence-corrected chi connectivity index (χ3v) is 4.72. The smallest absolute Gasteiger partial charge is 0.271 e. The van der Waals surface area contributed by atoms with Gasteiger partial charge in [0.15, 0.2) is 0 Å². The van der Waals surface area contributed by atoms with Crippen molar-refractivity contribution < 1.29 is 26.4 Å². The first-order valence-electron chi connectivity index (χ1n) is 7.61. The molecule has 26 heavy (non-hydrogen) atoms. The van der Waals surface area contributed by atoms with E-state index in [1.807, 2.05) is 20.8 Å². The number of benzene rings is 1. The molecule has 0 bridgehead atoms. The third kappa shape index (κ3) is 6.32. The molecule has 0 atom stereocenters. The number of hydrazone groups is 1. The lowest BCUT2D eigenvalue weighted by Gasteiger charge is -2.23. The Kier molecular flexibility index (Phi) is 6.45. The van der Waals surface area contributed by atoms with Crippen LogP contribution in [0.3, 0.4) is 0 Å². The maximum Gasteiger partial charge on any atom is 0.416 e. The van der Waals surface area contributed by atoms with E-state index in [-0.39, 0.29) is 11.1 Å². The molecule has 0 saturated heterocycles. The van der Waals surface area contributed by atoms with Gasteiger partial charge in [0.1, 0.15) is 6.54 Å². The number of halogens is 3. The van der Waals surface area contributed by atoms with E-state index in [0.717, 1.165) is 18.4 Å². The zero-order valence-corrected chi connectivity index (χ0v) is 16.0. The van der Waals surface area contributed by atoms with Gasteiger partial charge in [0.25, 0.3) is 5.91 Å². The van der Waals surface area contributed by atoms with Crippen LogP contribution in [0.5, 0.6) is 0 Å². The van der Waals surface area contributed by atoms with Gasteiger partial charge in [-0.15, -0.1) is 0 Å². The van der Waals surface area contributed by atoms with Crippen LogP contribution in [0.25, 0.3) is 0 Å². The maximum atomic E-state index is 12.8. The highest BCUT2D eigenvalue weighted by Gasteiger charge is 2.32. The van der Waals surface area contributed by atoms with Crippen LogP contribution < -0.4 is 9.73 Å². The van der Waals surface area contributed by atoms with Crippen molar-refractivity contribution >= 4 is 27.3 Å². The Bertz CT molecular complexity index is 797. The predicted octanol–water partition coefficient (Wildman–Crippen LogP) is 3.01. The summed E-state index contributed by atoms with van der Waals surface area (Å²) in [6.07, 6.45) is -3.82. The van der Waals surface area contributed by atoms with Gasteiger partial charge < -0.3 is 0 Å². The summed E-state index contributed by atoms with van der Waals surface area (Å²) in [6.45, 7) is 6.64. The molecule has 1 N–H and O–H groups in total. The molecule has 0 aliphatic heterocycles. The topological polar surface area (TPSA) is 78.8 Å². The van der Waals surface area contributed by atoms with E-state index >= 15 is 0 Å². The first-order valence-corrected chi connectivity index (χ1v) is 9.46. The molecular formula is C16H22F3N3O3S.